The highest BCUT2D eigenvalue weighted by Crippen LogP contribution is 2.32. The molecule has 9 nitrogen and oxygen atoms in total. The molecular weight excluding hydrogens is 458 g/mol. The molecule has 4 rings (SSSR count). The number of anilines is 2. The summed E-state index contributed by atoms with van der Waals surface area (Å²) in [6.45, 7) is 2.38. The monoisotopic (exact) mass is 479 g/mol. The van der Waals surface area contributed by atoms with Gasteiger partial charge in [0.05, 0.1) is 16.8 Å². The number of hydrogen-bond donors (Lipinski definition) is 3. The number of carbonyl (C=O) groups excluding carboxylic acids is 2. The Morgan fingerprint density at radius 2 is 2.06 bits per heavy atom. The Balaban J connectivity index is 1.50. The maximum Gasteiger partial charge on any atom is 0.265 e. The summed E-state index contributed by atoms with van der Waals surface area (Å²) in [4.78, 5) is 24.4. The lowest BCUT2D eigenvalue weighted by Crippen LogP contribution is -2.34. The van der Waals surface area contributed by atoms with Crippen LogP contribution in [-0.2, 0) is 19.6 Å². The molecule has 170 valence electrons. The number of hydrogen-bond acceptors (Lipinski definition) is 6. The fraction of sp³-hybridized carbons (Fsp3) is 0.333. The Kier molecular flexibility index (Phi) is 6.38. The highest BCUT2D eigenvalue weighted by atomic mass is 35.5. The van der Waals surface area contributed by atoms with Crippen molar-refractivity contribution in [1.29, 1.82) is 0 Å². The molecule has 0 aliphatic carbocycles. The van der Waals surface area contributed by atoms with Gasteiger partial charge in [-0.25, -0.2) is 13.1 Å². The van der Waals surface area contributed by atoms with Crippen LogP contribution in [0, 0.1) is 0 Å². The Morgan fingerprint density at radius 1 is 1.25 bits per heavy atom. The lowest BCUT2D eigenvalue weighted by Gasteiger charge is -2.23. The molecule has 2 aromatic carbocycles. The van der Waals surface area contributed by atoms with E-state index in [2.05, 4.69) is 15.4 Å². The Hall–Kier alpha value is -2.66. The molecule has 0 bridgehead atoms. The lowest BCUT2D eigenvalue weighted by atomic mass is 10.2. The molecule has 1 fully saturated rings. The van der Waals surface area contributed by atoms with E-state index in [1.807, 2.05) is 0 Å². The molecule has 2 aliphatic heterocycles. The van der Waals surface area contributed by atoms with Gasteiger partial charge in [-0.3, -0.25) is 9.59 Å². The summed E-state index contributed by atoms with van der Waals surface area (Å²) in [6, 6.07) is 8.83. The minimum absolute atomic E-state index is 0.00384. The van der Waals surface area contributed by atoms with Gasteiger partial charge in [0.2, 0.25) is 10.0 Å². The molecule has 0 radical (unpaired) electrons. The average Bonchev–Trinajstić information content (AvgIpc) is 3.27. The number of nitrogens with one attached hydrogen (secondary N) is 3. The first kappa shape index (κ1) is 22.5. The van der Waals surface area contributed by atoms with Crippen LogP contribution in [-0.4, -0.2) is 45.6 Å². The van der Waals surface area contributed by atoms with Crippen molar-refractivity contribution < 1.29 is 27.5 Å². The van der Waals surface area contributed by atoms with Crippen LogP contribution < -0.4 is 20.1 Å². The maximum absolute atomic E-state index is 12.7. The van der Waals surface area contributed by atoms with Crippen LogP contribution in [0.5, 0.6) is 5.75 Å². The number of ether oxygens (including phenoxy) is 2. The molecular formula is C21H22ClN3O6S. The van der Waals surface area contributed by atoms with Crippen molar-refractivity contribution in [3.8, 4) is 5.75 Å². The van der Waals surface area contributed by atoms with Crippen LogP contribution in [0.15, 0.2) is 41.3 Å². The quantitative estimate of drug-likeness (QED) is 0.585. The Bertz CT molecular complexity index is 1160. The van der Waals surface area contributed by atoms with Gasteiger partial charge in [-0.2, -0.15) is 0 Å². The van der Waals surface area contributed by atoms with Crippen molar-refractivity contribution in [1.82, 2.24) is 4.72 Å². The van der Waals surface area contributed by atoms with E-state index in [0.29, 0.717) is 23.7 Å². The first-order chi connectivity index (χ1) is 15.2. The second-order valence-electron chi connectivity index (χ2n) is 7.55. The molecule has 0 unspecified atom stereocenters. The molecule has 1 saturated heterocycles. The normalized spacial score (nSPS) is 20.2. The van der Waals surface area contributed by atoms with Crippen LogP contribution >= 0.6 is 11.6 Å². The van der Waals surface area contributed by atoms with Crippen molar-refractivity contribution in [2.75, 3.05) is 23.8 Å². The summed E-state index contributed by atoms with van der Waals surface area (Å²) in [7, 11) is -3.94. The highest BCUT2D eigenvalue weighted by molar-refractivity contribution is 7.89. The fourth-order valence-corrected chi connectivity index (χ4v) is 5.02. The van der Waals surface area contributed by atoms with Crippen LogP contribution in [0.2, 0.25) is 5.02 Å². The topological polar surface area (TPSA) is 123 Å². The van der Waals surface area contributed by atoms with Crippen molar-refractivity contribution in [3.63, 3.8) is 0 Å². The molecule has 2 amide bonds. The molecule has 2 aromatic rings. The number of carbonyl (C=O) groups is 2. The first-order valence-electron chi connectivity index (χ1n) is 10.1. The van der Waals surface area contributed by atoms with Gasteiger partial charge in [-0.05, 0) is 56.2 Å². The molecule has 0 aromatic heterocycles. The smallest absolute Gasteiger partial charge is 0.265 e. The van der Waals surface area contributed by atoms with Gasteiger partial charge in [0.1, 0.15) is 10.6 Å². The van der Waals surface area contributed by atoms with Crippen LogP contribution in [0.3, 0.4) is 0 Å². The van der Waals surface area contributed by atoms with Gasteiger partial charge in [0.15, 0.2) is 6.10 Å². The molecule has 0 saturated carbocycles. The summed E-state index contributed by atoms with van der Waals surface area (Å²) in [5.74, 6) is -0.329. The summed E-state index contributed by atoms with van der Waals surface area (Å²) in [5, 5.41) is 5.40. The van der Waals surface area contributed by atoms with Crippen LogP contribution in [0.1, 0.15) is 30.1 Å². The number of fused-ring (bicyclic) bond motifs is 1. The van der Waals surface area contributed by atoms with E-state index in [-0.39, 0.29) is 34.0 Å². The molecule has 3 N–H and O–H groups in total. The minimum Gasteiger partial charge on any atom is -0.479 e. The molecule has 32 heavy (non-hydrogen) atoms. The SMILES string of the molecule is C[C@@H]1Oc2ccc(NC(=O)c3ccc(Cl)c(S(=O)(=O)NC[C@H]4CCCO4)c3)cc2NC1=O. The third-order valence-electron chi connectivity index (χ3n) is 5.18. The zero-order valence-electron chi connectivity index (χ0n) is 17.2. The lowest BCUT2D eigenvalue weighted by molar-refractivity contribution is -0.122. The van der Waals surface area contributed by atoms with E-state index in [1.54, 1.807) is 25.1 Å². The number of rotatable bonds is 6. The first-order valence-corrected chi connectivity index (χ1v) is 11.9. The van der Waals surface area contributed by atoms with E-state index in [9.17, 15) is 18.0 Å². The summed E-state index contributed by atoms with van der Waals surface area (Å²) >= 11 is 6.11. The van der Waals surface area contributed by atoms with Crippen molar-refractivity contribution >= 4 is 44.8 Å². The van der Waals surface area contributed by atoms with Gasteiger partial charge >= 0.3 is 0 Å². The van der Waals surface area contributed by atoms with Gasteiger partial charge in [-0.15, -0.1) is 0 Å². The number of halogens is 1. The Labute approximate surface area is 190 Å². The van der Waals surface area contributed by atoms with E-state index in [1.165, 1.54) is 18.2 Å². The van der Waals surface area contributed by atoms with Crippen molar-refractivity contribution in [2.24, 2.45) is 0 Å². The van der Waals surface area contributed by atoms with E-state index in [4.69, 9.17) is 21.1 Å². The highest BCUT2D eigenvalue weighted by Gasteiger charge is 2.25. The van der Waals surface area contributed by atoms with Crippen LogP contribution in [0.4, 0.5) is 11.4 Å². The average molecular weight is 480 g/mol. The zero-order valence-corrected chi connectivity index (χ0v) is 18.8. The maximum atomic E-state index is 12.7. The third kappa shape index (κ3) is 4.88. The molecule has 11 heteroatoms. The summed E-state index contributed by atoms with van der Waals surface area (Å²) in [6.07, 6.45) is 0.891. The molecule has 2 heterocycles. The summed E-state index contributed by atoms with van der Waals surface area (Å²) < 4.78 is 38.9. The largest absolute Gasteiger partial charge is 0.479 e. The van der Waals surface area contributed by atoms with Gasteiger partial charge < -0.3 is 20.1 Å². The van der Waals surface area contributed by atoms with Crippen molar-refractivity contribution in [2.45, 2.75) is 36.9 Å². The third-order valence-corrected chi connectivity index (χ3v) is 7.08. The zero-order chi connectivity index (χ0) is 22.9. The van der Waals surface area contributed by atoms with Gasteiger partial charge in [0.25, 0.3) is 11.8 Å². The number of benzene rings is 2. The second-order valence-corrected chi connectivity index (χ2v) is 9.69. The van der Waals surface area contributed by atoms with Crippen LogP contribution in [0.25, 0.3) is 0 Å². The second kappa shape index (κ2) is 9.07. The minimum atomic E-state index is -3.94. The number of sulfonamides is 1. The molecule has 0 spiro atoms. The predicted octanol–water partition coefficient (Wildman–Crippen LogP) is 2.77. The standard InChI is InChI=1S/C21H22ClN3O6S/c1-12-20(26)25-17-10-14(5-7-18(17)31-12)24-21(27)13-4-6-16(22)19(9-13)32(28,29)23-11-15-3-2-8-30-15/h4-7,9-10,12,15,23H,2-3,8,11H2,1H3,(H,24,27)(H,25,26)/t12-,15+/m0/s1. The van der Waals surface area contributed by atoms with Crippen molar-refractivity contribution in [3.05, 3.63) is 47.0 Å². The van der Waals surface area contributed by atoms with E-state index < -0.39 is 22.0 Å². The van der Waals surface area contributed by atoms with Gasteiger partial charge in [-0.1, -0.05) is 11.6 Å². The molecule has 2 aliphatic rings. The van der Waals surface area contributed by atoms with Gasteiger partial charge in [0, 0.05) is 24.4 Å². The summed E-state index contributed by atoms with van der Waals surface area (Å²) in [5.41, 5.74) is 0.949. The van der Waals surface area contributed by atoms with E-state index in [0.717, 1.165) is 12.8 Å². The van der Waals surface area contributed by atoms with E-state index >= 15 is 0 Å². The number of amides is 2. The molecule has 2 atom stereocenters. The predicted molar refractivity (Wildman–Crippen MR) is 119 cm³/mol. The fourth-order valence-electron chi connectivity index (χ4n) is 3.43. The Morgan fingerprint density at radius 3 is 2.81 bits per heavy atom.